The van der Waals surface area contributed by atoms with Gasteiger partial charge in [0, 0.05) is 55.7 Å². The van der Waals surface area contributed by atoms with E-state index in [0.29, 0.717) is 12.3 Å². The molecular weight excluding hydrogens is 376 g/mol. The predicted octanol–water partition coefficient (Wildman–Crippen LogP) is 4.40. The number of amides is 1. The summed E-state index contributed by atoms with van der Waals surface area (Å²) in [5.74, 6) is 1.62. The SMILES string of the molecule is Cc1cccc2cc(C(=O)N3CCCC(c4nccn4Cc4ccncc4)C3)oc12. The third-order valence-corrected chi connectivity index (χ3v) is 5.88. The summed E-state index contributed by atoms with van der Waals surface area (Å²) in [4.78, 5) is 23.8. The number of hydrogen-bond acceptors (Lipinski definition) is 4. The number of para-hydroxylation sites is 1. The average Bonchev–Trinajstić information content (AvgIpc) is 3.42. The molecule has 0 bridgehead atoms. The van der Waals surface area contributed by atoms with Crippen LogP contribution < -0.4 is 0 Å². The number of piperidine rings is 1. The van der Waals surface area contributed by atoms with Gasteiger partial charge in [0.1, 0.15) is 11.4 Å². The molecule has 0 N–H and O–H groups in total. The number of aromatic nitrogens is 3. The lowest BCUT2D eigenvalue weighted by atomic mass is 9.96. The Labute approximate surface area is 175 Å². The Kier molecular flexibility index (Phi) is 4.83. The molecule has 1 unspecified atom stereocenters. The van der Waals surface area contributed by atoms with E-state index in [-0.39, 0.29) is 11.8 Å². The molecule has 4 aromatic rings. The van der Waals surface area contributed by atoms with Crippen LogP contribution in [0, 0.1) is 6.92 Å². The monoisotopic (exact) mass is 400 g/mol. The number of imidazole rings is 1. The number of benzene rings is 1. The Hall–Kier alpha value is -3.41. The Balaban J connectivity index is 1.35. The second kappa shape index (κ2) is 7.78. The quantitative estimate of drug-likeness (QED) is 0.509. The largest absolute Gasteiger partial charge is 0.451 e. The summed E-state index contributed by atoms with van der Waals surface area (Å²) < 4.78 is 8.10. The van der Waals surface area contributed by atoms with Crippen LogP contribution in [0.1, 0.15) is 46.3 Å². The number of carbonyl (C=O) groups is 1. The number of likely N-dealkylation sites (tertiary alicyclic amines) is 1. The maximum absolute atomic E-state index is 13.2. The molecule has 1 aliphatic heterocycles. The fourth-order valence-corrected chi connectivity index (χ4v) is 4.34. The molecule has 1 aromatic carbocycles. The summed E-state index contributed by atoms with van der Waals surface area (Å²) in [5, 5.41) is 0.972. The zero-order valence-electron chi connectivity index (χ0n) is 17.0. The maximum Gasteiger partial charge on any atom is 0.289 e. The molecule has 152 valence electrons. The van der Waals surface area contributed by atoms with Gasteiger partial charge in [-0.2, -0.15) is 0 Å². The maximum atomic E-state index is 13.2. The van der Waals surface area contributed by atoms with E-state index in [4.69, 9.17) is 4.42 Å². The first-order valence-electron chi connectivity index (χ1n) is 10.4. The summed E-state index contributed by atoms with van der Waals surface area (Å²) in [6.07, 6.45) is 9.45. The lowest BCUT2D eigenvalue weighted by Gasteiger charge is -2.32. The van der Waals surface area contributed by atoms with Crippen LogP contribution in [-0.2, 0) is 6.54 Å². The molecule has 5 rings (SSSR count). The van der Waals surface area contributed by atoms with Crippen molar-refractivity contribution in [2.75, 3.05) is 13.1 Å². The van der Waals surface area contributed by atoms with Crippen LogP contribution in [-0.4, -0.2) is 38.4 Å². The average molecular weight is 400 g/mol. The van der Waals surface area contributed by atoms with Gasteiger partial charge in [-0.25, -0.2) is 4.98 Å². The van der Waals surface area contributed by atoms with Crippen LogP contribution in [0.3, 0.4) is 0 Å². The third kappa shape index (κ3) is 3.49. The fourth-order valence-electron chi connectivity index (χ4n) is 4.34. The lowest BCUT2D eigenvalue weighted by molar-refractivity contribution is 0.0673. The molecule has 4 heterocycles. The van der Waals surface area contributed by atoms with Gasteiger partial charge in [0.2, 0.25) is 0 Å². The molecule has 1 saturated heterocycles. The van der Waals surface area contributed by atoms with E-state index < -0.39 is 0 Å². The second-order valence-corrected chi connectivity index (χ2v) is 7.96. The standard InChI is InChI=1S/C24H24N4O2/c1-17-4-2-5-19-14-21(30-22(17)19)24(29)28-12-3-6-20(16-28)23-26-11-13-27(23)15-18-7-9-25-10-8-18/h2,4-5,7-11,13-14,20H,3,6,12,15-16H2,1H3. The summed E-state index contributed by atoms with van der Waals surface area (Å²) in [6.45, 7) is 4.16. The number of fused-ring (bicyclic) bond motifs is 1. The minimum atomic E-state index is -0.0393. The van der Waals surface area contributed by atoms with Gasteiger partial charge in [-0.1, -0.05) is 18.2 Å². The molecule has 6 nitrogen and oxygen atoms in total. The predicted molar refractivity (Wildman–Crippen MR) is 114 cm³/mol. The smallest absolute Gasteiger partial charge is 0.289 e. The highest BCUT2D eigenvalue weighted by atomic mass is 16.3. The molecule has 6 heteroatoms. The van der Waals surface area contributed by atoms with Crippen molar-refractivity contribution < 1.29 is 9.21 Å². The van der Waals surface area contributed by atoms with Crippen LogP contribution in [0.2, 0.25) is 0 Å². The second-order valence-electron chi connectivity index (χ2n) is 7.96. The van der Waals surface area contributed by atoms with E-state index in [1.165, 1.54) is 5.56 Å². The first kappa shape index (κ1) is 18.6. The van der Waals surface area contributed by atoms with Gasteiger partial charge in [0.15, 0.2) is 5.76 Å². The van der Waals surface area contributed by atoms with Crippen LogP contribution in [0.25, 0.3) is 11.0 Å². The molecule has 0 saturated carbocycles. The minimum Gasteiger partial charge on any atom is -0.451 e. The van der Waals surface area contributed by atoms with Crippen molar-refractivity contribution in [1.82, 2.24) is 19.4 Å². The van der Waals surface area contributed by atoms with E-state index >= 15 is 0 Å². The first-order chi connectivity index (χ1) is 14.7. The highest BCUT2D eigenvalue weighted by Gasteiger charge is 2.29. The molecule has 1 fully saturated rings. The topological polar surface area (TPSA) is 64.2 Å². The number of aryl methyl sites for hydroxylation is 1. The van der Waals surface area contributed by atoms with Gasteiger partial charge < -0.3 is 13.9 Å². The molecular formula is C24H24N4O2. The zero-order valence-corrected chi connectivity index (χ0v) is 17.0. The Morgan fingerprint density at radius 3 is 2.90 bits per heavy atom. The van der Waals surface area contributed by atoms with Crippen molar-refractivity contribution in [2.24, 2.45) is 0 Å². The Morgan fingerprint density at radius 2 is 2.07 bits per heavy atom. The normalized spacial score (nSPS) is 16.8. The van der Waals surface area contributed by atoms with E-state index in [9.17, 15) is 4.79 Å². The number of hydrogen-bond donors (Lipinski definition) is 0. The molecule has 0 radical (unpaired) electrons. The van der Waals surface area contributed by atoms with Gasteiger partial charge in [-0.15, -0.1) is 0 Å². The molecule has 0 spiro atoms. The van der Waals surface area contributed by atoms with Crippen LogP contribution in [0.5, 0.6) is 0 Å². The van der Waals surface area contributed by atoms with Crippen molar-refractivity contribution in [3.8, 4) is 0 Å². The lowest BCUT2D eigenvalue weighted by Crippen LogP contribution is -2.39. The van der Waals surface area contributed by atoms with Crippen molar-refractivity contribution in [3.05, 3.63) is 83.9 Å². The van der Waals surface area contributed by atoms with Gasteiger partial charge >= 0.3 is 0 Å². The summed E-state index contributed by atoms with van der Waals surface area (Å²) in [5.41, 5.74) is 3.02. The molecule has 1 atom stereocenters. The molecule has 0 aliphatic carbocycles. The molecule has 1 amide bonds. The minimum absolute atomic E-state index is 0.0393. The zero-order chi connectivity index (χ0) is 20.5. The fraction of sp³-hybridized carbons (Fsp3) is 0.292. The van der Waals surface area contributed by atoms with Crippen LogP contribution in [0.15, 0.2) is 65.6 Å². The summed E-state index contributed by atoms with van der Waals surface area (Å²) >= 11 is 0. The Morgan fingerprint density at radius 1 is 1.20 bits per heavy atom. The summed E-state index contributed by atoms with van der Waals surface area (Å²) in [7, 11) is 0. The van der Waals surface area contributed by atoms with Crippen LogP contribution >= 0.6 is 0 Å². The van der Waals surface area contributed by atoms with Gasteiger partial charge in [0.05, 0.1) is 0 Å². The van der Waals surface area contributed by atoms with Gasteiger partial charge in [-0.05, 0) is 49.1 Å². The molecule has 30 heavy (non-hydrogen) atoms. The summed E-state index contributed by atoms with van der Waals surface area (Å²) in [6, 6.07) is 11.9. The van der Waals surface area contributed by atoms with E-state index in [0.717, 1.165) is 48.3 Å². The van der Waals surface area contributed by atoms with E-state index in [1.54, 1.807) is 0 Å². The number of carbonyl (C=O) groups excluding carboxylic acids is 1. The van der Waals surface area contributed by atoms with E-state index in [2.05, 4.69) is 14.5 Å². The highest BCUT2D eigenvalue weighted by molar-refractivity contribution is 5.96. The van der Waals surface area contributed by atoms with Crippen molar-refractivity contribution >= 4 is 16.9 Å². The van der Waals surface area contributed by atoms with Crippen molar-refractivity contribution in [3.63, 3.8) is 0 Å². The van der Waals surface area contributed by atoms with Crippen molar-refractivity contribution in [2.45, 2.75) is 32.2 Å². The van der Waals surface area contributed by atoms with Gasteiger partial charge in [-0.3, -0.25) is 9.78 Å². The molecule has 3 aromatic heterocycles. The highest BCUT2D eigenvalue weighted by Crippen LogP contribution is 2.29. The first-order valence-corrected chi connectivity index (χ1v) is 10.4. The number of rotatable bonds is 4. The number of nitrogens with zero attached hydrogens (tertiary/aromatic N) is 4. The van der Waals surface area contributed by atoms with Crippen molar-refractivity contribution in [1.29, 1.82) is 0 Å². The Bertz CT molecular complexity index is 1180. The number of pyridine rings is 1. The van der Waals surface area contributed by atoms with Gasteiger partial charge in [0.25, 0.3) is 5.91 Å². The molecule has 1 aliphatic rings. The van der Waals surface area contributed by atoms with E-state index in [1.807, 2.05) is 73.0 Å². The third-order valence-electron chi connectivity index (χ3n) is 5.88. The van der Waals surface area contributed by atoms with Crippen LogP contribution in [0.4, 0.5) is 0 Å². The number of furan rings is 1.